The molecule has 190 valence electrons. The van der Waals surface area contributed by atoms with Crippen LogP contribution in [0.2, 0.25) is 0 Å². The molecule has 2 aromatic carbocycles. The highest BCUT2D eigenvalue weighted by Crippen LogP contribution is 2.43. The van der Waals surface area contributed by atoms with Gasteiger partial charge in [0, 0.05) is 43.4 Å². The van der Waals surface area contributed by atoms with Crippen molar-refractivity contribution in [2.45, 2.75) is 32.7 Å². The summed E-state index contributed by atoms with van der Waals surface area (Å²) in [7, 11) is 0. The van der Waals surface area contributed by atoms with E-state index in [9.17, 15) is 14.9 Å². The van der Waals surface area contributed by atoms with Crippen LogP contribution < -0.4 is 14.2 Å². The summed E-state index contributed by atoms with van der Waals surface area (Å²) < 4.78 is 16.4. The zero-order valence-corrected chi connectivity index (χ0v) is 20.5. The van der Waals surface area contributed by atoms with Crippen molar-refractivity contribution in [2.75, 3.05) is 39.6 Å². The van der Waals surface area contributed by atoms with E-state index in [2.05, 4.69) is 4.90 Å². The molecule has 0 unspecified atom stereocenters. The van der Waals surface area contributed by atoms with E-state index >= 15 is 0 Å². The number of piperidine rings is 1. The smallest absolute Gasteiger partial charge is 0.277 e. The van der Waals surface area contributed by atoms with E-state index in [1.165, 1.54) is 6.07 Å². The minimum atomic E-state index is -0.354. The normalized spacial score (nSPS) is 18.8. The number of nitrogens with zero attached hydrogens (tertiary/aromatic N) is 3. The molecular weight excluding hydrogens is 462 g/mol. The molecule has 9 heteroatoms. The molecule has 3 aliphatic heterocycles. The van der Waals surface area contributed by atoms with Gasteiger partial charge in [-0.3, -0.25) is 19.8 Å². The van der Waals surface area contributed by atoms with Gasteiger partial charge in [0.2, 0.25) is 12.7 Å². The number of nitro groups is 1. The molecule has 3 aliphatic rings. The van der Waals surface area contributed by atoms with Crippen LogP contribution in [0.1, 0.15) is 37.3 Å². The van der Waals surface area contributed by atoms with Crippen LogP contribution in [0.4, 0.5) is 5.69 Å². The summed E-state index contributed by atoms with van der Waals surface area (Å²) >= 11 is 0. The quantitative estimate of drug-likeness (QED) is 0.323. The Hall–Kier alpha value is -3.59. The zero-order chi connectivity index (χ0) is 25.1. The monoisotopic (exact) mass is 493 g/mol. The number of ether oxygens (including phenoxy) is 3. The van der Waals surface area contributed by atoms with E-state index in [1.54, 1.807) is 12.1 Å². The Morgan fingerprint density at radius 1 is 1.14 bits per heavy atom. The van der Waals surface area contributed by atoms with Gasteiger partial charge < -0.3 is 19.1 Å². The van der Waals surface area contributed by atoms with Gasteiger partial charge in [0.15, 0.2) is 11.5 Å². The molecule has 1 amide bonds. The van der Waals surface area contributed by atoms with Gasteiger partial charge in [0.25, 0.3) is 5.69 Å². The van der Waals surface area contributed by atoms with Crippen LogP contribution in [0.5, 0.6) is 17.2 Å². The first-order valence-electron chi connectivity index (χ1n) is 12.4. The molecule has 36 heavy (non-hydrogen) atoms. The van der Waals surface area contributed by atoms with Crippen molar-refractivity contribution in [1.29, 1.82) is 0 Å². The number of hydrogen-bond donors (Lipinski definition) is 0. The SMILES string of the molecule is CCOc1ccccc1/C=C/C(=O)N1CCC2(CCN(Cc3cc4c(cc3[N+](=O)[O-])OCO4)C2)CC1. The number of nitro benzene ring substituents is 1. The minimum absolute atomic E-state index is 0.0157. The van der Waals surface area contributed by atoms with E-state index in [0.29, 0.717) is 43.3 Å². The molecule has 0 radical (unpaired) electrons. The molecule has 0 saturated carbocycles. The molecule has 3 heterocycles. The highest BCUT2D eigenvalue weighted by molar-refractivity contribution is 5.92. The van der Waals surface area contributed by atoms with Crippen molar-refractivity contribution < 1.29 is 23.9 Å². The molecule has 0 aromatic heterocycles. The summed E-state index contributed by atoms with van der Waals surface area (Å²) in [6.07, 6.45) is 6.36. The van der Waals surface area contributed by atoms with Gasteiger partial charge >= 0.3 is 0 Å². The van der Waals surface area contributed by atoms with Gasteiger partial charge in [0.05, 0.1) is 17.6 Å². The second-order valence-electron chi connectivity index (χ2n) is 9.68. The maximum Gasteiger partial charge on any atom is 0.277 e. The Kier molecular flexibility index (Phi) is 6.82. The van der Waals surface area contributed by atoms with Crippen LogP contribution in [0.3, 0.4) is 0 Å². The van der Waals surface area contributed by atoms with Crippen molar-refractivity contribution in [2.24, 2.45) is 5.41 Å². The third kappa shape index (κ3) is 5.02. The topological polar surface area (TPSA) is 94.4 Å². The first-order valence-corrected chi connectivity index (χ1v) is 12.4. The first-order chi connectivity index (χ1) is 17.5. The Morgan fingerprint density at radius 3 is 2.61 bits per heavy atom. The lowest BCUT2D eigenvalue weighted by molar-refractivity contribution is -0.385. The van der Waals surface area contributed by atoms with E-state index in [0.717, 1.165) is 43.7 Å². The number of rotatable bonds is 7. The summed E-state index contributed by atoms with van der Waals surface area (Å²) in [4.78, 5) is 28.3. The highest BCUT2D eigenvalue weighted by atomic mass is 16.7. The van der Waals surface area contributed by atoms with Crippen molar-refractivity contribution in [3.63, 3.8) is 0 Å². The number of carbonyl (C=O) groups excluding carboxylic acids is 1. The maximum absolute atomic E-state index is 12.8. The molecule has 0 aliphatic carbocycles. The fraction of sp³-hybridized carbons (Fsp3) is 0.444. The number of likely N-dealkylation sites (tertiary alicyclic amines) is 2. The second-order valence-corrected chi connectivity index (χ2v) is 9.68. The Balaban J connectivity index is 1.18. The largest absolute Gasteiger partial charge is 0.493 e. The first kappa shape index (κ1) is 24.1. The van der Waals surface area contributed by atoms with Crippen LogP contribution in [-0.2, 0) is 11.3 Å². The molecular formula is C27H31N3O6. The third-order valence-electron chi connectivity index (χ3n) is 7.44. The molecule has 0 N–H and O–H groups in total. The standard InChI is InChI=1S/C27H31N3O6/c1-2-34-23-6-4-3-5-20(23)7-8-26(31)29-13-10-27(11-14-29)9-12-28(18-27)17-21-15-24-25(36-19-35-24)16-22(21)30(32)33/h3-8,15-16H,2,9-14,17-19H2,1H3/b8-7+. The molecule has 0 atom stereocenters. The number of amides is 1. The van der Waals surface area contributed by atoms with Crippen LogP contribution in [0.25, 0.3) is 6.08 Å². The number of carbonyl (C=O) groups is 1. The van der Waals surface area contributed by atoms with Crippen LogP contribution in [0, 0.1) is 15.5 Å². The average molecular weight is 494 g/mol. The summed E-state index contributed by atoms with van der Waals surface area (Å²) in [5, 5.41) is 11.6. The fourth-order valence-corrected chi connectivity index (χ4v) is 5.45. The Labute approximate surface area is 210 Å². The predicted molar refractivity (Wildman–Crippen MR) is 134 cm³/mol. The fourth-order valence-electron chi connectivity index (χ4n) is 5.45. The Bertz CT molecular complexity index is 1170. The van der Waals surface area contributed by atoms with Gasteiger partial charge in [0.1, 0.15) is 5.75 Å². The lowest BCUT2D eigenvalue weighted by Crippen LogP contribution is -2.43. The summed E-state index contributed by atoms with van der Waals surface area (Å²) in [6, 6.07) is 10.9. The number of benzene rings is 2. The number of para-hydroxylation sites is 1. The summed E-state index contributed by atoms with van der Waals surface area (Å²) in [6.45, 7) is 6.29. The molecule has 5 rings (SSSR count). The zero-order valence-electron chi connectivity index (χ0n) is 20.5. The van der Waals surface area contributed by atoms with Crippen molar-refractivity contribution in [3.8, 4) is 17.2 Å². The maximum atomic E-state index is 12.8. The average Bonchev–Trinajstić information content (AvgIpc) is 3.50. The Morgan fingerprint density at radius 2 is 1.86 bits per heavy atom. The van der Waals surface area contributed by atoms with E-state index < -0.39 is 0 Å². The van der Waals surface area contributed by atoms with Crippen LogP contribution in [-0.4, -0.2) is 60.2 Å². The lowest BCUT2D eigenvalue weighted by Gasteiger charge is -2.39. The molecule has 9 nitrogen and oxygen atoms in total. The van der Waals surface area contributed by atoms with Crippen LogP contribution in [0.15, 0.2) is 42.5 Å². The molecule has 2 aromatic rings. The summed E-state index contributed by atoms with van der Waals surface area (Å²) in [5.41, 5.74) is 1.75. The molecule has 2 saturated heterocycles. The van der Waals surface area contributed by atoms with Crippen LogP contribution >= 0.6 is 0 Å². The number of hydrogen-bond acceptors (Lipinski definition) is 7. The van der Waals surface area contributed by atoms with Gasteiger partial charge in [-0.2, -0.15) is 0 Å². The van der Waals surface area contributed by atoms with Gasteiger partial charge in [-0.05, 0) is 56.4 Å². The van der Waals surface area contributed by atoms with E-state index in [-0.39, 0.29) is 28.7 Å². The highest BCUT2D eigenvalue weighted by Gasteiger charge is 2.41. The lowest BCUT2D eigenvalue weighted by atomic mass is 9.78. The molecule has 0 bridgehead atoms. The van der Waals surface area contributed by atoms with Crippen molar-refractivity contribution in [3.05, 3.63) is 63.7 Å². The molecule has 1 spiro atoms. The molecule has 2 fully saturated rings. The van der Waals surface area contributed by atoms with Crippen molar-refractivity contribution >= 4 is 17.7 Å². The van der Waals surface area contributed by atoms with Gasteiger partial charge in [-0.1, -0.05) is 18.2 Å². The van der Waals surface area contributed by atoms with Crippen molar-refractivity contribution in [1.82, 2.24) is 9.80 Å². The second kappa shape index (κ2) is 10.2. The van der Waals surface area contributed by atoms with Gasteiger partial charge in [-0.25, -0.2) is 0 Å². The van der Waals surface area contributed by atoms with Gasteiger partial charge in [-0.15, -0.1) is 0 Å². The van der Waals surface area contributed by atoms with E-state index in [4.69, 9.17) is 14.2 Å². The number of fused-ring (bicyclic) bond motifs is 1. The third-order valence-corrected chi connectivity index (χ3v) is 7.44. The summed E-state index contributed by atoms with van der Waals surface area (Å²) in [5.74, 6) is 1.78. The predicted octanol–water partition coefficient (Wildman–Crippen LogP) is 4.25. The van der Waals surface area contributed by atoms with E-state index in [1.807, 2.05) is 42.2 Å². The minimum Gasteiger partial charge on any atom is -0.493 e.